The molecule has 0 aliphatic carbocycles. The van der Waals surface area contributed by atoms with Crippen LogP contribution in [0, 0.1) is 12.7 Å². The van der Waals surface area contributed by atoms with Crippen LogP contribution in [0.4, 0.5) is 4.39 Å². The highest BCUT2D eigenvalue weighted by Gasteiger charge is 2.15. The molecule has 0 spiro atoms. The SMILES string of the molecule is Cc1cc(CC(C)NC(=O)c2cn(Cc3ccc(F)cc3)nn2)n[nH]1. The molecule has 0 saturated carbocycles. The maximum atomic E-state index is 12.9. The lowest BCUT2D eigenvalue weighted by Crippen LogP contribution is -2.34. The molecule has 1 aromatic carbocycles. The lowest BCUT2D eigenvalue weighted by molar-refractivity contribution is 0.0935. The number of carbonyl (C=O) groups excluding carboxylic acids is 1. The minimum Gasteiger partial charge on any atom is -0.348 e. The number of rotatable bonds is 6. The number of nitrogens with one attached hydrogen (secondary N) is 2. The van der Waals surface area contributed by atoms with E-state index in [9.17, 15) is 9.18 Å². The van der Waals surface area contributed by atoms with Crippen LogP contribution in [0.3, 0.4) is 0 Å². The highest BCUT2D eigenvalue weighted by Crippen LogP contribution is 2.06. The van der Waals surface area contributed by atoms with E-state index >= 15 is 0 Å². The van der Waals surface area contributed by atoms with E-state index < -0.39 is 0 Å². The van der Waals surface area contributed by atoms with Crippen molar-refractivity contribution in [3.8, 4) is 0 Å². The van der Waals surface area contributed by atoms with Gasteiger partial charge in [0, 0.05) is 18.2 Å². The van der Waals surface area contributed by atoms with Crippen molar-refractivity contribution in [3.63, 3.8) is 0 Å². The topological polar surface area (TPSA) is 88.5 Å². The van der Waals surface area contributed by atoms with Crippen LogP contribution in [0.15, 0.2) is 36.5 Å². The second-order valence-electron chi connectivity index (χ2n) is 6.05. The van der Waals surface area contributed by atoms with Gasteiger partial charge in [0.25, 0.3) is 5.91 Å². The molecular weight excluding hydrogens is 323 g/mol. The first-order valence-electron chi connectivity index (χ1n) is 7.96. The van der Waals surface area contributed by atoms with Crippen molar-refractivity contribution in [3.05, 3.63) is 65.0 Å². The average molecular weight is 342 g/mol. The molecular formula is C17H19FN6O. The number of benzene rings is 1. The molecule has 0 aliphatic rings. The minimum absolute atomic E-state index is 0.0857. The third kappa shape index (κ3) is 4.50. The molecule has 1 unspecified atom stereocenters. The van der Waals surface area contributed by atoms with Gasteiger partial charge in [-0.05, 0) is 37.6 Å². The number of carbonyl (C=O) groups is 1. The molecule has 0 saturated heterocycles. The molecule has 25 heavy (non-hydrogen) atoms. The van der Waals surface area contributed by atoms with Crippen LogP contribution in [0.5, 0.6) is 0 Å². The zero-order valence-electron chi connectivity index (χ0n) is 14.0. The summed E-state index contributed by atoms with van der Waals surface area (Å²) in [4.78, 5) is 12.3. The summed E-state index contributed by atoms with van der Waals surface area (Å²) in [7, 11) is 0. The molecule has 2 heterocycles. The second-order valence-corrected chi connectivity index (χ2v) is 6.05. The van der Waals surface area contributed by atoms with Gasteiger partial charge in [0.2, 0.25) is 0 Å². The fraction of sp³-hybridized carbons (Fsp3) is 0.294. The van der Waals surface area contributed by atoms with Gasteiger partial charge in [0.05, 0.1) is 18.4 Å². The van der Waals surface area contributed by atoms with Crippen LogP contribution in [0.25, 0.3) is 0 Å². The highest BCUT2D eigenvalue weighted by molar-refractivity contribution is 5.92. The predicted octanol–water partition coefficient (Wildman–Crippen LogP) is 1.86. The summed E-state index contributed by atoms with van der Waals surface area (Å²) in [5.41, 5.74) is 3.00. The lowest BCUT2D eigenvalue weighted by atomic mass is 10.1. The standard InChI is InChI=1S/C17H19FN6O/c1-11(7-15-8-12(2)20-21-15)19-17(25)16-10-24(23-22-16)9-13-3-5-14(18)6-4-13/h3-6,8,10-11H,7,9H2,1-2H3,(H,19,25)(H,20,21). The molecule has 2 aromatic heterocycles. The molecule has 0 fully saturated rings. The largest absolute Gasteiger partial charge is 0.348 e. The number of hydrogen-bond acceptors (Lipinski definition) is 4. The van der Waals surface area contributed by atoms with E-state index in [-0.39, 0.29) is 23.5 Å². The van der Waals surface area contributed by atoms with E-state index in [1.165, 1.54) is 12.1 Å². The van der Waals surface area contributed by atoms with Gasteiger partial charge in [0.1, 0.15) is 5.82 Å². The maximum Gasteiger partial charge on any atom is 0.273 e. The molecule has 130 valence electrons. The van der Waals surface area contributed by atoms with Crippen LogP contribution in [0.1, 0.15) is 34.4 Å². The van der Waals surface area contributed by atoms with Crippen molar-refractivity contribution in [1.82, 2.24) is 30.5 Å². The summed E-state index contributed by atoms with van der Waals surface area (Å²) >= 11 is 0. The molecule has 1 amide bonds. The Morgan fingerprint density at radius 2 is 2.12 bits per heavy atom. The first-order valence-corrected chi connectivity index (χ1v) is 7.96. The minimum atomic E-state index is -0.288. The molecule has 0 bridgehead atoms. The third-order valence-corrected chi connectivity index (χ3v) is 3.68. The second kappa shape index (κ2) is 7.25. The summed E-state index contributed by atoms with van der Waals surface area (Å²) in [5, 5.41) is 17.8. The van der Waals surface area contributed by atoms with Gasteiger partial charge in [-0.3, -0.25) is 9.89 Å². The van der Waals surface area contributed by atoms with Gasteiger partial charge in [-0.1, -0.05) is 17.3 Å². The Labute approximate surface area is 144 Å². The van der Waals surface area contributed by atoms with Crippen LogP contribution < -0.4 is 5.32 Å². The van der Waals surface area contributed by atoms with Crippen molar-refractivity contribution in [2.75, 3.05) is 0 Å². The Hall–Kier alpha value is -3.03. The first-order chi connectivity index (χ1) is 12.0. The monoisotopic (exact) mass is 342 g/mol. The number of nitrogens with zero attached hydrogens (tertiary/aromatic N) is 4. The molecule has 2 N–H and O–H groups in total. The molecule has 1 atom stereocenters. The fourth-order valence-electron chi connectivity index (χ4n) is 2.50. The van der Waals surface area contributed by atoms with Crippen molar-refractivity contribution >= 4 is 5.91 Å². The van der Waals surface area contributed by atoms with Gasteiger partial charge in [-0.25, -0.2) is 9.07 Å². The molecule has 3 rings (SSSR count). The van der Waals surface area contributed by atoms with Crippen molar-refractivity contribution < 1.29 is 9.18 Å². The molecule has 0 aliphatic heterocycles. The Morgan fingerprint density at radius 3 is 2.80 bits per heavy atom. The molecule has 0 radical (unpaired) electrons. The van der Waals surface area contributed by atoms with Crippen LogP contribution in [-0.2, 0) is 13.0 Å². The van der Waals surface area contributed by atoms with E-state index in [4.69, 9.17) is 0 Å². The maximum absolute atomic E-state index is 12.9. The van der Waals surface area contributed by atoms with Crippen molar-refractivity contribution in [2.45, 2.75) is 32.9 Å². The normalized spacial score (nSPS) is 12.1. The summed E-state index contributed by atoms with van der Waals surface area (Å²) in [6, 6.07) is 7.98. The van der Waals surface area contributed by atoms with Gasteiger partial charge in [-0.2, -0.15) is 5.10 Å². The Morgan fingerprint density at radius 1 is 1.36 bits per heavy atom. The summed E-state index contributed by atoms with van der Waals surface area (Å²) in [6.07, 6.45) is 2.20. The van der Waals surface area contributed by atoms with E-state index in [0.717, 1.165) is 17.0 Å². The number of halogens is 1. The van der Waals surface area contributed by atoms with Crippen LogP contribution in [0.2, 0.25) is 0 Å². The van der Waals surface area contributed by atoms with E-state index in [1.54, 1.807) is 23.0 Å². The quantitative estimate of drug-likeness (QED) is 0.716. The van der Waals surface area contributed by atoms with E-state index in [2.05, 4.69) is 25.8 Å². The zero-order chi connectivity index (χ0) is 17.8. The van der Waals surface area contributed by atoms with Crippen molar-refractivity contribution in [1.29, 1.82) is 0 Å². The van der Waals surface area contributed by atoms with Gasteiger partial charge < -0.3 is 5.32 Å². The molecule has 3 aromatic rings. The fourth-order valence-corrected chi connectivity index (χ4v) is 2.50. The molecule has 7 nitrogen and oxygen atoms in total. The third-order valence-electron chi connectivity index (χ3n) is 3.68. The summed E-state index contributed by atoms with van der Waals surface area (Å²) in [5.74, 6) is -0.575. The summed E-state index contributed by atoms with van der Waals surface area (Å²) < 4.78 is 14.5. The number of hydrogen-bond donors (Lipinski definition) is 2. The van der Waals surface area contributed by atoms with E-state index in [0.29, 0.717) is 13.0 Å². The van der Waals surface area contributed by atoms with Crippen LogP contribution in [-0.4, -0.2) is 37.1 Å². The van der Waals surface area contributed by atoms with E-state index in [1.807, 2.05) is 19.9 Å². The first kappa shape index (κ1) is 16.8. The molecule has 8 heteroatoms. The smallest absolute Gasteiger partial charge is 0.273 e. The predicted molar refractivity (Wildman–Crippen MR) is 89.5 cm³/mol. The number of aromatic amines is 1. The highest BCUT2D eigenvalue weighted by atomic mass is 19.1. The number of aromatic nitrogens is 5. The number of aryl methyl sites for hydroxylation is 1. The van der Waals surface area contributed by atoms with Crippen LogP contribution >= 0.6 is 0 Å². The number of H-pyrrole nitrogens is 1. The Bertz CT molecular complexity index is 854. The Balaban J connectivity index is 1.57. The van der Waals surface area contributed by atoms with Crippen molar-refractivity contribution in [2.24, 2.45) is 0 Å². The van der Waals surface area contributed by atoms with Gasteiger partial charge in [0.15, 0.2) is 5.69 Å². The zero-order valence-corrected chi connectivity index (χ0v) is 14.0. The number of amides is 1. The lowest BCUT2D eigenvalue weighted by Gasteiger charge is -2.10. The van der Waals surface area contributed by atoms with Gasteiger partial charge >= 0.3 is 0 Å². The Kier molecular flexibility index (Phi) is 4.87. The van der Waals surface area contributed by atoms with Gasteiger partial charge in [-0.15, -0.1) is 5.10 Å². The summed E-state index contributed by atoms with van der Waals surface area (Å²) in [6.45, 7) is 4.26. The average Bonchev–Trinajstić information content (AvgIpc) is 3.19.